The van der Waals surface area contributed by atoms with Crippen LogP contribution in [0.2, 0.25) is 0 Å². The van der Waals surface area contributed by atoms with Crippen molar-refractivity contribution in [3.8, 4) is 0 Å². The maximum Gasteiger partial charge on any atom is 0.242 e. The summed E-state index contributed by atoms with van der Waals surface area (Å²) in [5.74, 6) is 0.517. The minimum absolute atomic E-state index is 0.0608. The Bertz CT molecular complexity index is 810. The van der Waals surface area contributed by atoms with Gasteiger partial charge in [0.25, 0.3) is 0 Å². The lowest BCUT2D eigenvalue weighted by Crippen LogP contribution is -2.45. The van der Waals surface area contributed by atoms with Crippen LogP contribution in [0.15, 0.2) is 36.5 Å². The Hall–Kier alpha value is -2.18. The molecule has 1 fully saturated rings. The molecular weight excluding hydrogens is 350 g/mol. The summed E-state index contributed by atoms with van der Waals surface area (Å²) < 4.78 is 0. The van der Waals surface area contributed by atoms with Gasteiger partial charge >= 0.3 is 0 Å². The molecule has 0 radical (unpaired) electrons. The van der Waals surface area contributed by atoms with E-state index in [1.807, 2.05) is 0 Å². The Balaban J connectivity index is 1.44. The van der Waals surface area contributed by atoms with Gasteiger partial charge in [-0.2, -0.15) is 5.10 Å². The van der Waals surface area contributed by atoms with Crippen molar-refractivity contribution in [3.05, 3.63) is 53.3 Å². The molecule has 1 aromatic carbocycles. The first kappa shape index (κ1) is 19.2. The molecule has 3 N–H and O–H groups in total. The number of hydrogen-bond donors (Lipinski definition) is 3. The molecule has 4 rings (SSSR count). The van der Waals surface area contributed by atoms with Crippen LogP contribution in [0.4, 0.5) is 0 Å². The fourth-order valence-electron chi connectivity index (χ4n) is 4.61. The first-order valence-corrected chi connectivity index (χ1v) is 10.2. The lowest BCUT2D eigenvalue weighted by molar-refractivity contribution is -0.124. The highest BCUT2D eigenvalue weighted by atomic mass is 16.2. The van der Waals surface area contributed by atoms with Crippen LogP contribution in [0.1, 0.15) is 50.1 Å². The SMILES string of the molecule is CC(C)(C)C[C@@H]1CN(Cc2ccccc2)C[C@H]1NC(=O)C1NCc2[nH]ncc21. The van der Waals surface area contributed by atoms with Gasteiger partial charge in [0.1, 0.15) is 6.04 Å². The molecule has 1 unspecified atom stereocenters. The first-order chi connectivity index (χ1) is 13.4. The number of aromatic nitrogens is 2. The number of nitrogens with one attached hydrogen (secondary N) is 3. The maximum atomic E-state index is 13.0. The van der Waals surface area contributed by atoms with E-state index in [-0.39, 0.29) is 23.4 Å². The molecule has 28 heavy (non-hydrogen) atoms. The Labute approximate surface area is 167 Å². The summed E-state index contributed by atoms with van der Waals surface area (Å²) in [5, 5.41) is 13.7. The predicted octanol–water partition coefficient (Wildman–Crippen LogP) is 2.61. The van der Waals surface area contributed by atoms with Crippen molar-refractivity contribution in [2.24, 2.45) is 11.3 Å². The van der Waals surface area contributed by atoms with E-state index in [2.05, 4.69) is 76.8 Å². The number of fused-ring (bicyclic) bond motifs is 1. The normalized spacial score (nSPS) is 25.0. The summed E-state index contributed by atoms with van der Waals surface area (Å²) in [5.41, 5.74) is 3.55. The van der Waals surface area contributed by atoms with Crippen LogP contribution in [-0.2, 0) is 17.9 Å². The van der Waals surface area contributed by atoms with Crippen LogP contribution in [-0.4, -0.2) is 40.1 Å². The van der Waals surface area contributed by atoms with Crippen molar-refractivity contribution in [1.82, 2.24) is 25.7 Å². The molecule has 150 valence electrons. The Kier molecular flexibility index (Phi) is 5.25. The van der Waals surface area contributed by atoms with Crippen molar-refractivity contribution in [3.63, 3.8) is 0 Å². The van der Waals surface area contributed by atoms with Crippen LogP contribution < -0.4 is 10.6 Å². The number of benzene rings is 1. The van der Waals surface area contributed by atoms with Gasteiger partial charge in [-0.25, -0.2) is 0 Å². The van der Waals surface area contributed by atoms with Gasteiger partial charge in [-0.05, 0) is 23.3 Å². The third-order valence-corrected chi connectivity index (χ3v) is 5.78. The van der Waals surface area contributed by atoms with Crippen LogP contribution in [0.5, 0.6) is 0 Å². The van der Waals surface area contributed by atoms with E-state index in [1.165, 1.54) is 5.56 Å². The zero-order chi connectivity index (χ0) is 19.7. The summed E-state index contributed by atoms with van der Waals surface area (Å²) in [7, 11) is 0. The number of nitrogens with zero attached hydrogens (tertiary/aromatic N) is 2. The van der Waals surface area contributed by atoms with Crippen molar-refractivity contribution in [1.29, 1.82) is 0 Å². The molecule has 1 amide bonds. The Morgan fingerprint density at radius 1 is 1.25 bits per heavy atom. The van der Waals surface area contributed by atoms with Crippen molar-refractivity contribution >= 4 is 5.91 Å². The van der Waals surface area contributed by atoms with Crippen molar-refractivity contribution in [2.75, 3.05) is 13.1 Å². The molecule has 1 saturated heterocycles. The quantitative estimate of drug-likeness (QED) is 0.744. The van der Waals surface area contributed by atoms with Crippen LogP contribution >= 0.6 is 0 Å². The molecule has 0 bridgehead atoms. The van der Waals surface area contributed by atoms with E-state index in [4.69, 9.17) is 0 Å². The minimum atomic E-state index is -0.299. The van der Waals surface area contributed by atoms with Gasteiger partial charge < -0.3 is 5.32 Å². The highest BCUT2D eigenvalue weighted by Crippen LogP contribution is 2.32. The molecule has 0 aliphatic carbocycles. The molecule has 1 aromatic heterocycles. The van der Waals surface area contributed by atoms with E-state index in [0.29, 0.717) is 12.5 Å². The monoisotopic (exact) mass is 381 g/mol. The first-order valence-electron chi connectivity index (χ1n) is 10.2. The largest absolute Gasteiger partial charge is 0.350 e. The fourth-order valence-corrected chi connectivity index (χ4v) is 4.61. The molecule has 2 aliphatic rings. The summed E-state index contributed by atoms with van der Waals surface area (Å²) in [4.78, 5) is 15.5. The minimum Gasteiger partial charge on any atom is -0.350 e. The van der Waals surface area contributed by atoms with Crippen molar-refractivity contribution in [2.45, 2.75) is 52.4 Å². The smallest absolute Gasteiger partial charge is 0.242 e. The molecule has 0 spiro atoms. The number of carbonyl (C=O) groups excluding carboxylic acids is 1. The summed E-state index contributed by atoms with van der Waals surface area (Å²) in [6.07, 6.45) is 2.86. The van der Waals surface area contributed by atoms with Gasteiger partial charge in [0.2, 0.25) is 5.91 Å². The van der Waals surface area contributed by atoms with Crippen LogP contribution in [0.3, 0.4) is 0 Å². The Morgan fingerprint density at radius 3 is 2.79 bits per heavy atom. The maximum absolute atomic E-state index is 13.0. The number of likely N-dealkylation sites (tertiary alicyclic amines) is 1. The molecule has 2 aromatic rings. The third-order valence-electron chi connectivity index (χ3n) is 5.78. The second kappa shape index (κ2) is 7.68. The number of amides is 1. The van der Waals surface area contributed by atoms with Crippen molar-refractivity contribution < 1.29 is 4.79 Å². The fraction of sp³-hybridized carbons (Fsp3) is 0.545. The Morgan fingerprint density at radius 2 is 2.04 bits per heavy atom. The molecule has 3 heterocycles. The molecule has 2 aliphatic heterocycles. The van der Waals surface area contributed by atoms with Crippen LogP contribution in [0, 0.1) is 11.3 Å². The summed E-state index contributed by atoms with van der Waals surface area (Å²) in [6.45, 7) is 10.4. The van der Waals surface area contributed by atoms with E-state index < -0.39 is 0 Å². The highest BCUT2D eigenvalue weighted by molar-refractivity contribution is 5.84. The second-order valence-electron chi connectivity index (χ2n) is 9.44. The average Bonchev–Trinajstić information content (AvgIpc) is 3.31. The summed E-state index contributed by atoms with van der Waals surface area (Å²) >= 11 is 0. The highest BCUT2D eigenvalue weighted by Gasteiger charge is 2.38. The molecule has 3 atom stereocenters. The van der Waals surface area contributed by atoms with Gasteiger partial charge in [-0.3, -0.25) is 20.1 Å². The van der Waals surface area contributed by atoms with Gasteiger partial charge in [-0.1, -0.05) is 51.1 Å². The topological polar surface area (TPSA) is 73.1 Å². The van der Waals surface area contributed by atoms with Gasteiger partial charge in [0.05, 0.1) is 11.9 Å². The summed E-state index contributed by atoms with van der Waals surface area (Å²) in [6, 6.07) is 10.5. The van der Waals surface area contributed by atoms with E-state index >= 15 is 0 Å². The molecule has 6 nitrogen and oxygen atoms in total. The zero-order valence-electron chi connectivity index (χ0n) is 17.0. The number of H-pyrrole nitrogens is 1. The molecular formula is C22H31N5O. The molecule has 0 saturated carbocycles. The molecule has 6 heteroatoms. The van der Waals surface area contributed by atoms with E-state index in [9.17, 15) is 4.79 Å². The lowest BCUT2D eigenvalue weighted by Gasteiger charge is -2.28. The lowest BCUT2D eigenvalue weighted by atomic mass is 9.82. The number of carbonyl (C=O) groups is 1. The third kappa shape index (κ3) is 4.28. The second-order valence-corrected chi connectivity index (χ2v) is 9.44. The average molecular weight is 382 g/mol. The predicted molar refractivity (Wildman–Crippen MR) is 109 cm³/mol. The number of hydrogen-bond acceptors (Lipinski definition) is 4. The van der Waals surface area contributed by atoms with Gasteiger partial charge in [-0.15, -0.1) is 0 Å². The zero-order valence-corrected chi connectivity index (χ0v) is 17.0. The number of rotatable bonds is 5. The standard InChI is InChI=1S/C22H31N5O/c1-22(2,3)9-16-13-27(12-15-7-5-4-6-8-15)14-19(16)25-21(28)20-17-10-24-26-18(17)11-23-20/h4-8,10,16,19-20,23H,9,11-14H2,1-3H3,(H,24,26)(H,25,28)/t16-,19-,20?/m1/s1. The number of aromatic amines is 1. The van der Waals surface area contributed by atoms with Crippen LogP contribution in [0.25, 0.3) is 0 Å². The van der Waals surface area contributed by atoms with Gasteiger partial charge in [0.15, 0.2) is 0 Å². The van der Waals surface area contributed by atoms with E-state index in [1.54, 1.807) is 6.20 Å². The van der Waals surface area contributed by atoms with E-state index in [0.717, 1.165) is 37.3 Å². The van der Waals surface area contributed by atoms with Gasteiger partial charge in [0, 0.05) is 37.8 Å².